The summed E-state index contributed by atoms with van der Waals surface area (Å²) in [5.41, 5.74) is 4.66. The summed E-state index contributed by atoms with van der Waals surface area (Å²) in [5.74, 6) is 0.382. The van der Waals surface area contributed by atoms with Crippen molar-refractivity contribution in [3.8, 4) is 0 Å². The third-order valence-electron chi connectivity index (χ3n) is 5.53. The van der Waals surface area contributed by atoms with E-state index in [9.17, 15) is 4.79 Å². The lowest BCUT2D eigenvalue weighted by atomic mass is 10.1. The number of ether oxygens (including phenoxy) is 1. The molecule has 33 heavy (non-hydrogen) atoms. The van der Waals surface area contributed by atoms with Crippen LogP contribution in [0.25, 0.3) is 11.0 Å². The number of hydrogen-bond acceptors (Lipinski definition) is 6. The third kappa shape index (κ3) is 5.91. The van der Waals surface area contributed by atoms with Gasteiger partial charge in [-0.2, -0.15) is 5.10 Å². The smallest absolute Gasteiger partial charge is 0.234 e. The topological polar surface area (TPSA) is 109 Å². The maximum Gasteiger partial charge on any atom is 0.234 e. The summed E-state index contributed by atoms with van der Waals surface area (Å²) < 4.78 is 7.30. The number of thioether (sulfide) groups is 1. The molecule has 3 aromatic rings. The summed E-state index contributed by atoms with van der Waals surface area (Å²) in [6, 6.07) is 5.85. The van der Waals surface area contributed by atoms with Gasteiger partial charge < -0.3 is 14.6 Å². The van der Waals surface area contributed by atoms with Crippen molar-refractivity contribution >= 4 is 34.4 Å². The van der Waals surface area contributed by atoms with E-state index in [0.29, 0.717) is 34.1 Å². The van der Waals surface area contributed by atoms with Gasteiger partial charge in [0, 0.05) is 25.0 Å². The molecule has 0 bridgehead atoms. The van der Waals surface area contributed by atoms with Gasteiger partial charge in [-0.15, -0.1) is 0 Å². The van der Waals surface area contributed by atoms with Crippen molar-refractivity contribution < 1.29 is 9.53 Å². The number of methoxy groups -OCH3 is 1. The molecule has 0 aliphatic heterocycles. The first-order valence-electron chi connectivity index (χ1n) is 10.9. The molecule has 3 rings (SSSR count). The van der Waals surface area contributed by atoms with Crippen molar-refractivity contribution in [3.63, 3.8) is 0 Å². The fourth-order valence-electron chi connectivity index (χ4n) is 3.46. The molecule has 176 valence electrons. The molecule has 1 unspecified atom stereocenters. The molecule has 1 aromatic carbocycles. The standard InChI is InChI=1S/C24H32N6O2S/c1-14(2)19(32-6)8-7-11-30-22(25)21-17(5)28-29-23(21)27-24(30)33-13-20(31)26-18-10-9-15(3)16(4)12-18/h7-10,12,14,19,25H,11,13H2,1-6H3,(H,26,31)(H,28,29)/b8-7-,25-22?. The molecule has 2 aromatic heterocycles. The van der Waals surface area contributed by atoms with Gasteiger partial charge in [0.1, 0.15) is 5.49 Å². The van der Waals surface area contributed by atoms with Crippen molar-refractivity contribution in [2.75, 3.05) is 18.2 Å². The summed E-state index contributed by atoms with van der Waals surface area (Å²) >= 11 is 1.29. The fraction of sp³-hybridized carbons (Fsp3) is 0.417. The summed E-state index contributed by atoms with van der Waals surface area (Å²) in [4.78, 5) is 17.2. The minimum absolute atomic E-state index is 0.00742. The molecule has 0 aliphatic rings. The van der Waals surface area contributed by atoms with Gasteiger partial charge in [0.15, 0.2) is 10.8 Å². The molecule has 0 fully saturated rings. The summed E-state index contributed by atoms with van der Waals surface area (Å²) in [5, 5.41) is 20.1. The molecule has 0 spiro atoms. The van der Waals surface area contributed by atoms with E-state index in [0.717, 1.165) is 16.9 Å². The van der Waals surface area contributed by atoms with E-state index in [-0.39, 0.29) is 17.8 Å². The van der Waals surface area contributed by atoms with Gasteiger partial charge in [0.2, 0.25) is 5.91 Å². The number of carbonyl (C=O) groups excluding carboxylic acids is 1. The van der Waals surface area contributed by atoms with E-state index in [1.54, 1.807) is 11.7 Å². The fourth-order valence-corrected chi connectivity index (χ4v) is 4.27. The number of hydrogen-bond donors (Lipinski definition) is 3. The normalized spacial score (nSPS) is 12.7. The largest absolute Gasteiger partial charge is 0.377 e. The van der Waals surface area contributed by atoms with Crippen LogP contribution >= 0.6 is 11.8 Å². The minimum atomic E-state index is -0.128. The highest BCUT2D eigenvalue weighted by Gasteiger charge is 2.15. The number of fused-ring (bicyclic) bond motifs is 1. The van der Waals surface area contributed by atoms with E-state index < -0.39 is 0 Å². The van der Waals surface area contributed by atoms with Crippen LogP contribution in [0.2, 0.25) is 0 Å². The molecular weight excluding hydrogens is 436 g/mol. The Balaban J connectivity index is 1.82. The Bertz CT molecular complexity index is 1230. The van der Waals surface area contributed by atoms with Crippen LogP contribution in [0.1, 0.15) is 30.7 Å². The lowest BCUT2D eigenvalue weighted by molar-refractivity contribution is -0.113. The average Bonchev–Trinajstić information content (AvgIpc) is 3.14. The molecule has 9 heteroatoms. The molecule has 1 atom stereocenters. The second kappa shape index (κ2) is 10.8. The lowest BCUT2D eigenvalue weighted by Crippen LogP contribution is -2.24. The van der Waals surface area contributed by atoms with Crippen LogP contribution in [0.3, 0.4) is 0 Å². The van der Waals surface area contributed by atoms with Gasteiger partial charge in [-0.1, -0.05) is 43.8 Å². The van der Waals surface area contributed by atoms with Gasteiger partial charge in [0.25, 0.3) is 0 Å². The Labute approximate surface area is 198 Å². The highest BCUT2D eigenvalue weighted by Crippen LogP contribution is 2.20. The maximum absolute atomic E-state index is 12.6. The van der Waals surface area contributed by atoms with E-state index in [2.05, 4.69) is 34.3 Å². The Morgan fingerprint density at radius 2 is 2.06 bits per heavy atom. The second-order valence-corrected chi connectivity index (χ2v) is 9.35. The van der Waals surface area contributed by atoms with Crippen LogP contribution in [0.5, 0.6) is 0 Å². The number of rotatable bonds is 9. The number of aromatic amines is 1. The van der Waals surface area contributed by atoms with Crippen molar-refractivity contribution in [2.45, 2.75) is 52.4 Å². The van der Waals surface area contributed by atoms with E-state index in [1.165, 1.54) is 17.3 Å². The number of aryl methyl sites for hydroxylation is 3. The van der Waals surface area contributed by atoms with E-state index in [1.807, 2.05) is 51.1 Å². The van der Waals surface area contributed by atoms with Crippen LogP contribution in [0, 0.1) is 32.1 Å². The van der Waals surface area contributed by atoms with Crippen LogP contribution < -0.4 is 10.8 Å². The highest BCUT2D eigenvalue weighted by atomic mass is 32.2. The predicted octanol–water partition coefficient (Wildman–Crippen LogP) is 4.12. The Morgan fingerprint density at radius 3 is 2.73 bits per heavy atom. The molecule has 0 saturated heterocycles. The maximum atomic E-state index is 12.6. The first-order valence-corrected chi connectivity index (χ1v) is 11.9. The molecule has 3 N–H and O–H groups in total. The zero-order valence-corrected chi connectivity index (χ0v) is 20.8. The number of amides is 1. The zero-order valence-electron chi connectivity index (χ0n) is 20.0. The average molecular weight is 469 g/mol. The van der Waals surface area contributed by atoms with Crippen LogP contribution in [-0.4, -0.2) is 44.6 Å². The summed E-state index contributed by atoms with van der Waals surface area (Å²) in [6.07, 6.45) is 3.98. The number of allylic oxidation sites excluding steroid dienone is 1. The van der Waals surface area contributed by atoms with Gasteiger partial charge in [-0.05, 0) is 49.9 Å². The molecule has 8 nitrogen and oxygen atoms in total. The van der Waals surface area contributed by atoms with Crippen molar-refractivity contribution in [2.24, 2.45) is 5.92 Å². The number of H-pyrrole nitrogens is 1. The highest BCUT2D eigenvalue weighted by molar-refractivity contribution is 7.99. The molecule has 2 heterocycles. The van der Waals surface area contributed by atoms with Crippen molar-refractivity contribution in [1.82, 2.24) is 19.7 Å². The first kappa shape index (κ1) is 24.7. The number of aromatic nitrogens is 4. The monoisotopic (exact) mass is 468 g/mol. The van der Waals surface area contributed by atoms with E-state index in [4.69, 9.17) is 10.1 Å². The van der Waals surface area contributed by atoms with Gasteiger partial charge in [0.05, 0.1) is 17.2 Å². The number of nitrogens with zero attached hydrogens (tertiary/aromatic N) is 3. The molecule has 0 saturated carbocycles. The Hall–Kier alpha value is -2.91. The quantitative estimate of drug-likeness (QED) is 0.249. The van der Waals surface area contributed by atoms with Crippen LogP contribution in [0.15, 0.2) is 35.5 Å². The van der Waals surface area contributed by atoms with Gasteiger partial charge in [-0.3, -0.25) is 15.3 Å². The summed E-state index contributed by atoms with van der Waals surface area (Å²) in [6.45, 7) is 10.6. The zero-order chi connectivity index (χ0) is 24.1. The number of nitrogens with one attached hydrogen (secondary N) is 3. The van der Waals surface area contributed by atoms with Crippen molar-refractivity contribution in [1.29, 1.82) is 5.41 Å². The number of carbonyl (C=O) groups is 1. The van der Waals surface area contributed by atoms with Crippen molar-refractivity contribution in [3.05, 3.63) is 52.7 Å². The van der Waals surface area contributed by atoms with Gasteiger partial charge >= 0.3 is 0 Å². The predicted molar refractivity (Wildman–Crippen MR) is 133 cm³/mol. The van der Waals surface area contributed by atoms with Crippen LogP contribution in [0.4, 0.5) is 5.69 Å². The molecule has 0 aliphatic carbocycles. The van der Waals surface area contributed by atoms with Gasteiger partial charge in [-0.25, -0.2) is 4.98 Å². The molecule has 0 radical (unpaired) electrons. The Kier molecular flexibility index (Phi) is 8.10. The minimum Gasteiger partial charge on any atom is -0.377 e. The lowest BCUT2D eigenvalue weighted by Gasteiger charge is -2.15. The number of anilines is 1. The SMILES string of the molecule is COC(/C=C\Cn1c(SCC(=O)Nc2ccc(C)c(C)c2)nc2n[nH]c(C)c2c1=N)C(C)C. The number of benzene rings is 1. The third-order valence-corrected chi connectivity index (χ3v) is 6.51. The molecular formula is C24H32N6O2S. The second-order valence-electron chi connectivity index (χ2n) is 8.41. The Morgan fingerprint density at radius 1 is 1.30 bits per heavy atom. The molecule has 1 amide bonds. The summed E-state index contributed by atoms with van der Waals surface area (Å²) in [7, 11) is 1.69. The van der Waals surface area contributed by atoms with E-state index >= 15 is 0 Å². The van der Waals surface area contributed by atoms with Crippen LogP contribution in [-0.2, 0) is 16.1 Å². The first-order chi connectivity index (χ1) is 15.7.